The topological polar surface area (TPSA) is 157 Å². The number of ketones is 3. The van der Waals surface area contributed by atoms with E-state index in [-0.39, 0.29) is 54.8 Å². The van der Waals surface area contributed by atoms with Gasteiger partial charge in [0.05, 0.1) is 18.2 Å². The molecular weight excluding hydrogens is 714 g/mol. The van der Waals surface area contributed by atoms with Crippen LogP contribution in [0.2, 0.25) is 0 Å². The minimum Gasteiger partial charge on any atom is -0.486 e. The Morgan fingerprint density at radius 3 is 2.40 bits per heavy atom. The molecule has 4 aliphatic carbocycles. The Bertz CT molecular complexity index is 1780. The van der Waals surface area contributed by atoms with Crippen molar-refractivity contribution in [1.29, 1.82) is 0 Å². The Morgan fingerprint density at radius 1 is 1.07 bits per heavy atom. The van der Waals surface area contributed by atoms with Gasteiger partial charge in [0.2, 0.25) is 17.6 Å². The maximum Gasteiger partial charge on any atom is 0.227 e. The first-order valence-electron chi connectivity index (χ1n) is 19.5. The van der Waals surface area contributed by atoms with E-state index in [0.717, 1.165) is 6.08 Å². The molecule has 0 aromatic heterocycles. The number of aliphatic hydroxyl groups is 1. The van der Waals surface area contributed by atoms with E-state index >= 15 is 8.78 Å². The van der Waals surface area contributed by atoms with E-state index in [1.165, 1.54) is 26.0 Å². The van der Waals surface area contributed by atoms with Crippen molar-refractivity contribution >= 4 is 34.9 Å². The fourth-order valence-corrected chi connectivity index (χ4v) is 10.4. The Labute approximate surface area is 321 Å². The van der Waals surface area contributed by atoms with Crippen LogP contribution in [0.15, 0.2) is 48.1 Å². The molecule has 11 nitrogen and oxygen atoms in total. The fraction of sp³-hybridized carbons (Fsp3) is 0.643. The minimum absolute atomic E-state index is 0.0305. The summed E-state index contributed by atoms with van der Waals surface area (Å²) in [5, 5.41) is 17.3. The van der Waals surface area contributed by atoms with Crippen LogP contribution in [0.3, 0.4) is 0 Å². The first-order chi connectivity index (χ1) is 25.8. The second-order valence-electron chi connectivity index (χ2n) is 17.0. The summed E-state index contributed by atoms with van der Waals surface area (Å²) in [6, 6.07) is 5.69. The average Bonchev–Trinajstić information content (AvgIpc) is 3.60. The Balaban J connectivity index is 1.17. The number of fused-ring (bicyclic) bond motifs is 7. The number of ether oxygens (including phenoxy) is 3. The molecule has 55 heavy (non-hydrogen) atoms. The number of hydrogen-bond acceptors (Lipinski definition) is 9. The highest BCUT2D eigenvalue weighted by Gasteiger charge is 2.80. The van der Waals surface area contributed by atoms with Crippen molar-refractivity contribution in [2.75, 3.05) is 11.9 Å². The van der Waals surface area contributed by atoms with Crippen LogP contribution in [0.1, 0.15) is 87.0 Å². The molecule has 5 aliphatic rings. The number of carbonyl (C=O) groups excluding carboxylic acids is 5. The van der Waals surface area contributed by atoms with Gasteiger partial charge in [0.25, 0.3) is 0 Å². The molecule has 1 heterocycles. The van der Waals surface area contributed by atoms with Gasteiger partial charge in [-0.1, -0.05) is 47.1 Å². The van der Waals surface area contributed by atoms with Gasteiger partial charge in [-0.25, -0.2) is 8.78 Å². The molecule has 12 atom stereocenters. The zero-order valence-corrected chi connectivity index (χ0v) is 32.7. The molecule has 0 radical (unpaired) electrons. The number of Topliss-reactive ketones (excluding diaryl/α,β-unsaturated/α-hetero) is 2. The van der Waals surface area contributed by atoms with Crippen molar-refractivity contribution in [3.63, 3.8) is 0 Å². The highest BCUT2D eigenvalue weighted by Crippen LogP contribution is 2.72. The van der Waals surface area contributed by atoms with E-state index in [1.807, 2.05) is 27.7 Å². The maximum absolute atomic E-state index is 17.8. The largest absolute Gasteiger partial charge is 0.486 e. The summed E-state index contributed by atoms with van der Waals surface area (Å²) in [4.78, 5) is 64.1. The minimum atomic E-state index is -2.31. The van der Waals surface area contributed by atoms with Crippen LogP contribution in [0, 0.1) is 34.5 Å². The van der Waals surface area contributed by atoms with Crippen LogP contribution in [0.5, 0.6) is 5.75 Å². The Morgan fingerprint density at radius 2 is 1.76 bits per heavy atom. The van der Waals surface area contributed by atoms with Gasteiger partial charge < -0.3 is 30.0 Å². The van der Waals surface area contributed by atoms with E-state index in [9.17, 15) is 29.1 Å². The summed E-state index contributed by atoms with van der Waals surface area (Å²) in [6.45, 7) is 11.5. The molecule has 1 aliphatic heterocycles. The Hall–Kier alpha value is -3.81. The third-order valence-electron chi connectivity index (χ3n) is 13.2. The lowest BCUT2D eigenvalue weighted by Crippen LogP contribution is -2.71. The summed E-state index contributed by atoms with van der Waals surface area (Å²) >= 11 is 0. The number of rotatable bonds is 13. The highest BCUT2D eigenvalue weighted by molar-refractivity contribution is 6.01. The van der Waals surface area contributed by atoms with E-state index in [1.54, 1.807) is 31.2 Å². The molecular formula is C42H54F2N2O9. The monoisotopic (exact) mass is 768 g/mol. The Kier molecular flexibility index (Phi) is 11.1. The zero-order chi connectivity index (χ0) is 40.2. The number of allylic oxidation sites excluding steroid dienone is 4. The lowest BCUT2D eigenvalue weighted by Gasteiger charge is -2.63. The molecule has 2 amide bonds. The van der Waals surface area contributed by atoms with Gasteiger partial charge in [-0.2, -0.15) is 0 Å². The number of anilines is 1. The normalized spacial score (nSPS) is 37.1. The molecule has 3 N–H and O–H groups in total. The summed E-state index contributed by atoms with van der Waals surface area (Å²) in [5.74, 6) is -3.86. The number of hydrogen-bond donors (Lipinski definition) is 3. The van der Waals surface area contributed by atoms with Crippen molar-refractivity contribution in [1.82, 2.24) is 5.32 Å². The van der Waals surface area contributed by atoms with Gasteiger partial charge >= 0.3 is 0 Å². The molecule has 0 bridgehead atoms. The fourth-order valence-electron chi connectivity index (χ4n) is 10.4. The van der Waals surface area contributed by atoms with Crippen molar-refractivity contribution in [2.24, 2.45) is 34.5 Å². The molecule has 1 aromatic carbocycles. The number of aliphatic hydroxyl groups excluding tert-OH is 1. The maximum atomic E-state index is 17.8. The molecule has 1 aromatic rings. The van der Waals surface area contributed by atoms with Gasteiger partial charge in [0.1, 0.15) is 18.5 Å². The van der Waals surface area contributed by atoms with Gasteiger partial charge in [-0.3, -0.25) is 24.0 Å². The zero-order valence-electron chi connectivity index (χ0n) is 32.7. The van der Waals surface area contributed by atoms with Crippen LogP contribution in [-0.2, 0) is 33.4 Å². The third kappa shape index (κ3) is 6.67. The van der Waals surface area contributed by atoms with Crippen LogP contribution >= 0.6 is 0 Å². The molecule has 13 heteroatoms. The average molecular weight is 769 g/mol. The molecule has 1 unspecified atom stereocenters. The predicted molar refractivity (Wildman–Crippen MR) is 198 cm³/mol. The van der Waals surface area contributed by atoms with Gasteiger partial charge in [-0.05, 0) is 86.4 Å². The number of nitrogens with one attached hydrogen (secondary N) is 2. The van der Waals surface area contributed by atoms with Gasteiger partial charge in [0, 0.05) is 41.7 Å². The van der Waals surface area contributed by atoms with Crippen LogP contribution < -0.4 is 15.4 Å². The van der Waals surface area contributed by atoms with Crippen molar-refractivity contribution in [3.05, 3.63) is 48.1 Å². The van der Waals surface area contributed by atoms with Gasteiger partial charge in [-0.15, -0.1) is 0 Å². The summed E-state index contributed by atoms with van der Waals surface area (Å²) < 4.78 is 52.7. The number of halogens is 2. The lowest BCUT2D eigenvalue weighted by atomic mass is 9.44. The second kappa shape index (κ2) is 14.9. The summed E-state index contributed by atoms with van der Waals surface area (Å²) in [5.41, 5.74) is -6.13. The highest BCUT2D eigenvalue weighted by atomic mass is 19.1. The molecule has 1 saturated heterocycles. The number of alkyl halides is 2. The van der Waals surface area contributed by atoms with Crippen molar-refractivity contribution in [3.8, 4) is 5.75 Å². The van der Waals surface area contributed by atoms with Crippen LogP contribution in [0.25, 0.3) is 0 Å². The lowest BCUT2D eigenvalue weighted by molar-refractivity contribution is -0.234. The number of amides is 2. The van der Waals surface area contributed by atoms with Crippen LogP contribution in [-0.4, -0.2) is 82.9 Å². The van der Waals surface area contributed by atoms with E-state index < -0.39 is 88.7 Å². The van der Waals surface area contributed by atoms with E-state index in [4.69, 9.17) is 14.2 Å². The molecule has 0 spiro atoms. The number of benzene rings is 1. The predicted octanol–water partition coefficient (Wildman–Crippen LogP) is 5.54. The van der Waals surface area contributed by atoms with Gasteiger partial charge in [0.15, 0.2) is 29.1 Å². The summed E-state index contributed by atoms with van der Waals surface area (Å²) in [6.07, 6.45) is 0.0623. The first-order valence-corrected chi connectivity index (χ1v) is 19.5. The smallest absolute Gasteiger partial charge is 0.227 e. The third-order valence-corrected chi connectivity index (χ3v) is 13.2. The first kappa shape index (κ1) is 40.8. The molecule has 300 valence electrons. The van der Waals surface area contributed by atoms with E-state index in [2.05, 4.69) is 10.6 Å². The number of carbonyl (C=O) groups is 5. The summed E-state index contributed by atoms with van der Waals surface area (Å²) in [7, 11) is 0. The molecule has 3 saturated carbocycles. The standard InChI is InChI=1S/C42H54F2N2O9/c1-8-9-36-54-35-19-28-29-18-31(43)30-17-26(48)14-15-39(30,6)41(29,44)33(50)20-40(28,7)42(35,55-36)34(51)21-53-27-12-10-25(11-13-27)46-38(52)23(4)16-32(49)37(22(2)3)45-24(5)47/h10-15,17,22-23,28-29,31,33,35-37,50H,8-9,16,18-21H2,1-7H3,(H,45,47)(H,46,52)/t23-,28+,29+,31+,33+,35-,36?,37+,39+,40+,41+,42-/m1/s1. The SMILES string of the molecule is CCCC1O[C@@H]2C[C@H]3[C@@H]4C[C@H](F)C5=CC(=O)C=C[C@]5(C)[C@@]4(F)[C@@H](O)C[C@]3(C)[C@]2(C(=O)COc2ccc(NC(=O)[C@H](C)CC(=O)[C@@H](NC(C)=O)C(C)C)cc2)O1. The second-order valence-corrected chi connectivity index (χ2v) is 17.0. The van der Waals surface area contributed by atoms with E-state index in [0.29, 0.717) is 24.3 Å². The molecule has 6 rings (SSSR count). The molecule has 4 fully saturated rings. The van der Waals surface area contributed by atoms with Crippen molar-refractivity contribution < 1.29 is 52.1 Å². The van der Waals surface area contributed by atoms with Crippen molar-refractivity contribution in [2.45, 2.75) is 129 Å². The van der Waals surface area contributed by atoms with Crippen LogP contribution in [0.4, 0.5) is 14.5 Å². The quantitative estimate of drug-likeness (QED) is 0.235.